The van der Waals surface area contributed by atoms with Crippen LogP contribution in [0.1, 0.15) is 60.8 Å². The standard InChI is InChI=1S/C31H37F3N2O4/c1-35(15-2-3-19-6-9-22(10-7-19)31(32,33)34)23-12-13-30(38)25-17-21-8-11-24(37)27-26(21)29(30,28(23)40-27)14-16-36(25,39)18-20-4-5-20/h6-11,20,23,25,28,37-38H,2-5,12-18H2,1H3/t23?,25-,28?,29+,30-,36?/m1/s1. The smallest absolute Gasteiger partial charge is 0.416 e. The quantitative estimate of drug-likeness (QED) is 0.373. The Morgan fingerprint density at radius 3 is 2.55 bits per heavy atom. The Kier molecular flexibility index (Phi) is 5.87. The molecule has 2 N–H and O–H groups in total. The van der Waals surface area contributed by atoms with Crippen LogP contribution in [0.2, 0.25) is 0 Å². The molecule has 2 aliphatic heterocycles. The zero-order chi connectivity index (χ0) is 28.1. The molecule has 216 valence electrons. The molecule has 7 rings (SSSR count). The summed E-state index contributed by atoms with van der Waals surface area (Å²) in [5.74, 6) is 1.01. The van der Waals surface area contributed by atoms with E-state index in [0.29, 0.717) is 63.4 Å². The summed E-state index contributed by atoms with van der Waals surface area (Å²) in [6.45, 7) is 1.73. The summed E-state index contributed by atoms with van der Waals surface area (Å²) in [5.41, 5.74) is 0.218. The van der Waals surface area contributed by atoms with E-state index in [1.165, 1.54) is 0 Å². The third-order valence-electron chi connectivity index (χ3n) is 10.8. The highest BCUT2D eigenvalue weighted by atomic mass is 19.4. The van der Waals surface area contributed by atoms with Gasteiger partial charge in [0.15, 0.2) is 11.5 Å². The maximum Gasteiger partial charge on any atom is 0.416 e. The second-order valence-corrected chi connectivity index (χ2v) is 13.0. The first kappa shape index (κ1) is 26.6. The summed E-state index contributed by atoms with van der Waals surface area (Å²) in [7, 11) is 2.04. The van der Waals surface area contributed by atoms with Gasteiger partial charge in [-0.25, -0.2) is 0 Å². The van der Waals surface area contributed by atoms with E-state index in [1.807, 2.05) is 13.1 Å². The molecule has 1 saturated heterocycles. The minimum Gasteiger partial charge on any atom is -0.632 e. The molecule has 0 radical (unpaired) electrons. The van der Waals surface area contributed by atoms with Crippen molar-refractivity contribution in [3.63, 3.8) is 0 Å². The number of aliphatic hydroxyl groups is 1. The van der Waals surface area contributed by atoms with Gasteiger partial charge in [-0.1, -0.05) is 18.2 Å². The van der Waals surface area contributed by atoms with E-state index in [1.54, 1.807) is 18.2 Å². The number of piperidine rings is 1. The number of alkyl halides is 3. The summed E-state index contributed by atoms with van der Waals surface area (Å²) in [6.07, 6.45) is 1.08. The Labute approximate surface area is 232 Å². The van der Waals surface area contributed by atoms with Gasteiger partial charge in [-0.05, 0) is 81.4 Å². The van der Waals surface area contributed by atoms with E-state index in [4.69, 9.17) is 4.74 Å². The van der Waals surface area contributed by atoms with Crippen molar-refractivity contribution in [2.75, 3.05) is 26.7 Å². The summed E-state index contributed by atoms with van der Waals surface area (Å²) in [6, 6.07) is 8.46. The number of rotatable bonds is 7. The molecule has 2 saturated carbocycles. The molecule has 3 aliphatic carbocycles. The molecule has 0 amide bonds. The number of hydrogen-bond donors (Lipinski definition) is 2. The molecule has 3 unspecified atom stereocenters. The summed E-state index contributed by atoms with van der Waals surface area (Å²) in [4.78, 5) is 2.24. The van der Waals surface area contributed by atoms with Gasteiger partial charge < -0.3 is 24.8 Å². The van der Waals surface area contributed by atoms with Crippen LogP contribution in [0.25, 0.3) is 0 Å². The van der Waals surface area contributed by atoms with Crippen LogP contribution in [0.5, 0.6) is 11.5 Å². The highest BCUT2D eigenvalue weighted by Crippen LogP contribution is 2.67. The number of quaternary nitrogens is 1. The lowest BCUT2D eigenvalue weighted by atomic mass is 9.48. The van der Waals surface area contributed by atoms with Gasteiger partial charge in [0.25, 0.3) is 0 Å². The zero-order valence-corrected chi connectivity index (χ0v) is 22.8. The van der Waals surface area contributed by atoms with Gasteiger partial charge >= 0.3 is 6.18 Å². The minimum absolute atomic E-state index is 0.0265. The van der Waals surface area contributed by atoms with Crippen LogP contribution in [0.3, 0.4) is 0 Å². The van der Waals surface area contributed by atoms with Gasteiger partial charge in [0.05, 0.1) is 24.1 Å². The summed E-state index contributed by atoms with van der Waals surface area (Å²) >= 11 is 0. The first-order valence-corrected chi connectivity index (χ1v) is 14.6. The second kappa shape index (κ2) is 8.84. The number of ether oxygens (including phenoxy) is 1. The lowest BCUT2D eigenvalue weighted by Gasteiger charge is -2.68. The number of phenolic OH excluding ortho intramolecular Hbond substituents is 1. The molecule has 0 aromatic heterocycles. The average Bonchev–Trinajstić information content (AvgIpc) is 3.63. The van der Waals surface area contributed by atoms with Crippen LogP contribution in [0.15, 0.2) is 36.4 Å². The Bertz CT molecular complexity index is 1310. The molecular weight excluding hydrogens is 521 g/mol. The predicted molar refractivity (Wildman–Crippen MR) is 143 cm³/mol. The molecule has 40 heavy (non-hydrogen) atoms. The van der Waals surface area contributed by atoms with Crippen LogP contribution in [0.4, 0.5) is 13.2 Å². The van der Waals surface area contributed by atoms with Gasteiger partial charge in [0.2, 0.25) is 0 Å². The molecule has 2 aromatic carbocycles. The van der Waals surface area contributed by atoms with E-state index in [2.05, 4.69) is 4.90 Å². The number of hydrogen-bond acceptors (Lipinski definition) is 5. The van der Waals surface area contributed by atoms with E-state index >= 15 is 0 Å². The Morgan fingerprint density at radius 2 is 1.85 bits per heavy atom. The van der Waals surface area contributed by atoms with Crippen molar-refractivity contribution >= 4 is 0 Å². The van der Waals surface area contributed by atoms with E-state index in [0.717, 1.165) is 48.1 Å². The van der Waals surface area contributed by atoms with Crippen molar-refractivity contribution in [2.24, 2.45) is 5.92 Å². The number of benzene rings is 2. The molecule has 1 spiro atoms. The molecule has 9 heteroatoms. The third kappa shape index (κ3) is 3.77. The van der Waals surface area contributed by atoms with E-state index < -0.39 is 28.8 Å². The first-order valence-electron chi connectivity index (χ1n) is 14.6. The van der Waals surface area contributed by atoms with Crippen molar-refractivity contribution in [1.82, 2.24) is 4.90 Å². The highest BCUT2D eigenvalue weighted by molar-refractivity contribution is 5.62. The molecule has 2 aromatic rings. The lowest BCUT2D eigenvalue weighted by Crippen LogP contribution is -2.81. The maximum absolute atomic E-state index is 14.4. The predicted octanol–water partition coefficient (Wildman–Crippen LogP) is 4.92. The van der Waals surface area contributed by atoms with E-state index in [9.17, 15) is 28.6 Å². The van der Waals surface area contributed by atoms with Gasteiger partial charge in [0, 0.05) is 30.4 Å². The highest BCUT2D eigenvalue weighted by Gasteiger charge is 2.76. The number of hydroxylamine groups is 3. The fourth-order valence-corrected chi connectivity index (χ4v) is 8.74. The minimum atomic E-state index is -4.34. The molecule has 5 aliphatic rings. The topological polar surface area (TPSA) is 76.0 Å². The Balaban J connectivity index is 1.14. The van der Waals surface area contributed by atoms with Crippen LogP contribution in [0, 0.1) is 11.1 Å². The monoisotopic (exact) mass is 558 g/mol. The van der Waals surface area contributed by atoms with E-state index in [-0.39, 0.29) is 22.5 Å². The number of phenols is 1. The fourth-order valence-electron chi connectivity index (χ4n) is 8.74. The van der Waals surface area contributed by atoms with Crippen molar-refractivity contribution < 1.29 is 32.8 Å². The molecule has 6 atom stereocenters. The number of aromatic hydroxyl groups is 1. The number of likely N-dealkylation sites (N-methyl/N-ethyl adjacent to an activating group) is 1. The van der Waals surface area contributed by atoms with Crippen molar-refractivity contribution in [3.05, 3.63) is 63.9 Å². The number of halogens is 3. The molecular formula is C31H37F3N2O4. The van der Waals surface area contributed by atoms with Gasteiger partial charge in [-0.3, -0.25) is 4.90 Å². The molecule has 2 bridgehead atoms. The second-order valence-electron chi connectivity index (χ2n) is 13.0. The fraction of sp³-hybridized carbons (Fsp3) is 0.613. The SMILES string of the molecule is CN(CCCc1ccc(C(F)(F)F)cc1)C1CC[C@@]2(O)[C@H]3Cc4ccc(O)c5c4[C@@]2(CC[N+]3([O-])CC2CC2)C1O5. The average molecular weight is 559 g/mol. The van der Waals surface area contributed by atoms with Crippen LogP contribution in [-0.4, -0.2) is 70.2 Å². The van der Waals surface area contributed by atoms with Crippen LogP contribution >= 0.6 is 0 Å². The first-order chi connectivity index (χ1) is 19.0. The molecule has 3 fully saturated rings. The van der Waals surface area contributed by atoms with Gasteiger partial charge in [-0.2, -0.15) is 13.2 Å². The number of nitrogens with zero attached hydrogens (tertiary/aromatic N) is 2. The largest absolute Gasteiger partial charge is 0.632 e. The van der Waals surface area contributed by atoms with Crippen molar-refractivity contribution in [1.29, 1.82) is 0 Å². The molecule has 6 nitrogen and oxygen atoms in total. The lowest BCUT2D eigenvalue weighted by molar-refractivity contribution is -0.924. The normalized spacial score (nSPS) is 35.9. The van der Waals surface area contributed by atoms with Gasteiger partial charge in [0.1, 0.15) is 17.7 Å². The van der Waals surface area contributed by atoms with Crippen LogP contribution < -0.4 is 4.74 Å². The van der Waals surface area contributed by atoms with Crippen molar-refractivity contribution in [2.45, 2.75) is 86.7 Å². The molecule has 2 heterocycles. The number of likely N-dealkylation sites (tertiary alicyclic amines) is 1. The Morgan fingerprint density at radius 1 is 1.10 bits per heavy atom. The zero-order valence-electron chi connectivity index (χ0n) is 22.8. The van der Waals surface area contributed by atoms with Crippen LogP contribution in [-0.2, 0) is 24.4 Å². The van der Waals surface area contributed by atoms with Crippen molar-refractivity contribution in [3.8, 4) is 11.5 Å². The third-order valence-corrected chi connectivity index (χ3v) is 10.8. The maximum atomic E-state index is 14.4. The number of aryl methyl sites for hydroxylation is 1. The summed E-state index contributed by atoms with van der Waals surface area (Å²) in [5, 5.41) is 37.8. The Hall–Kier alpha value is -2.33. The summed E-state index contributed by atoms with van der Waals surface area (Å²) < 4.78 is 45.0. The van der Waals surface area contributed by atoms with Gasteiger partial charge in [-0.15, -0.1) is 0 Å².